The van der Waals surface area contributed by atoms with E-state index in [0.29, 0.717) is 12.2 Å². The molecule has 164 valence electrons. The Bertz CT molecular complexity index is 1450. The van der Waals surface area contributed by atoms with Crippen molar-refractivity contribution in [1.29, 1.82) is 0 Å². The molecule has 33 heavy (non-hydrogen) atoms. The van der Waals surface area contributed by atoms with E-state index in [-0.39, 0.29) is 0 Å². The third kappa shape index (κ3) is 4.23. The van der Waals surface area contributed by atoms with Crippen LogP contribution in [0.1, 0.15) is 24.0 Å². The SMILES string of the molecule is NCc1cc2c(cc1-c1ccc(/C(N)=C/C=C(\N)C3=CCCC=C3)cc1)sc1ccccc12. The molecule has 0 amide bonds. The van der Waals surface area contributed by atoms with Crippen LogP contribution in [0.25, 0.3) is 37.0 Å². The summed E-state index contributed by atoms with van der Waals surface area (Å²) >= 11 is 1.82. The summed E-state index contributed by atoms with van der Waals surface area (Å²) in [6.45, 7) is 0.494. The molecular weight excluding hydrogens is 422 g/mol. The zero-order chi connectivity index (χ0) is 22.8. The van der Waals surface area contributed by atoms with Crippen LogP contribution in [-0.4, -0.2) is 0 Å². The first-order valence-electron chi connectivity index (χ1n) is 11.2. The fourth-order valence-electron chi connectivity index (χ4n) is 4.30. The highest BCUT2D eigenvalue weighted by Crippen LogP contribution is 2.38. The molecule has 1 aliphatic carbocycles. The molecule has 1 aromatic heterocycles. The minimum atomic E-state index is 0.494. The summed E-state index contributed by atoms with van der Waals surface area (Å²) in [5.41, 5.74) is 25.6. The van der Waals surface area contributed by atoms with E-state index >= 15 is 0 Å². The number of hydrogen-bond acceptors (Lipinski definition) is 4. The molecule has 6 N–H and O–H groups in total. The van der Waals surface area contributed by atoms with Crippen molar-refractivity contribution >= 4 is 37.2 Å². The predicted octanol–water partition coefficient (Wildman–Crippen LogP) is 6.60. The van der Waals surface area contributed by atoms with Crippen molar-refractivity contribution < 1.29 is 0 Å². The van der Waals surface area contributed by atoms with Gasteiger partial charge in [0.05, 0.1) is 0 Å². The Morgan fingerprint density at radius 1 is 0.848 bits per heavy atom. The van der Waals surface area contributed by atoms with Gasteiger partial charge in [-0.2, -0.15) is 0 Å². The second-order valence-corrected chi connectivity index (χ2v) is 9.35. The first-order chi connectivity index (χ1) is 16.1. The molecule has 0 spiro atoms. The van der Waals surface area contributed by atoms with Crippen LogP contribution in [-0.2, 0) is 6.54 Å². The summed E-state index contributed by atoms with van der Waals surface area (Å²) in [6, 6.07) is 21.4. The normalized spacial score (nSPS) is 14.8. The lowest BCUT2D eigenvalue weighted by atomic mass is 9.96. The molecule has 0 atom stereocenters. The molecule has 0 fully saturated rings. The number of allylic oxidation sites excluding steroid dienone is 5. The molecule has 0 aliphatic heterocycles. The van der Waals surface area contributed by atoms with Crippen molar-refractivity contribution in [3.63, 3.8) is 0 Å². The third-order valence-electron chi connectivity index (χ3n) is 6.12. The maximum absolute atomic E-state index is 6.34. The molecule has 5 rings (SSSR count). The number of fused-ring (bicyclic) bond motifs is 3. The van der Waals surface area contributed by atoms with E-state index in [4.69, 9.17) is 17.2 Å². The summed E-state index contributed by atoms with van der Waals surface area (Å²) in [5.74, 6) is 0. The van der Waals surface area contributed by atoms with Gasteiger partial charge < -0.3 is 17.2 Å². The van der Waals surface area contributed by atoms with Gasteiger partial charge in [0.1, 0.15) is 0 Å². The molecule has 1 heterocycles. The van der Waals surface area contributed by atoms with E-state index in [1.807, 2.05) is 23.5 Å². The van der Waals surface area contributed by atoms with Crippen LogP contribution in [0, 0.1) is 0 Å². The van der Waals surface area contributed by atoms with E-state index in [0.717, 1.165) is 40.8 Å². The Morgan fingerprint density at radius 3 is 2.39 bits per heavy atom. The summed E-state index contributed by atoms with van der Waals surface area (Å²) in [4.78, 5) is 0. The van der Waals surface area contributed by atoms with Crippen LogP contribution in [0.15, 0.2) is 102 Å². The van der Waals surface area contributed by atoms with Crippen molar-refractivity contribution in [3.05, 3.63) is 113 Å². The average molecular weight is 450 g/mol. The lowest BCUT2D eigenvalue weighted by Gasteiger charge is -2.10. The molecule has 0 saturated carbocycles. The molecule has 1 aliphatic rings. The highest BCUT2D eigenvalue weighted by molar-refractivity contribution is 7.25. The molecule has 3 aromatic carbocycles. The van der Waals surface area contributed by atoms with Crippen molar-refractivity contribution in [2.75, 3.05) is 0 Å². The van der Waals surface area contributed by atoms with E-state index in [1.165, 1.54) is 25.7 Å². The van der Waals surface area contributed by atoms with E-state index in [9.17, 15) is 0 Å². The first kappa shape index (κ1) is 21.3. The summed E-state index contributed by atoms with van der Waals surface area (Å²) < 4.78 is 2.58. The number of hydrogen-bond donors (Lipinski definition) is 3. The van der Waals surface area contributed by atoms with Gasteiger partial charge in [0.25, 0.3) is 0 Å². The summed E-state index contributed by atoms with van der Waals surface area (Å²) in [5, 5.41) is 2.56. The van der Waals surface area contributed by atoms with Gasteiger partial charge in [-0.1, -0.05) is 60.7 Å². The zero-order valence-corrected chi connectivity index (χ0v) is 19.2. The fourth-order valence-corrected chi connectivity index (χ4v) is 5.42. The van der Waals surface area contributed by atoms with Crippen LogP contribution in [0.3, 0.4) is 0 Å². The minimum absolute atomic E-state index is 0.494. The molecular formula is C29H27N3S. The van der Waals surface area contributed by atoms with Crippen molar-refractivity contribution in [2.45, 2.75) is 19.4 Å². The maximum Gasteiger partial charge on any atom is 0.0388 e. The molecule has 4 heteroatoms. The Labute approximate surface area is 198 Å². The Morgan fingerprint density at radius 2 is 1.64 bits per heavy atom. The van der Waals surface area contributed by atoms with Crippen LogP contribution in [0.4, 0.5) is 0 Å². The second kappa shape index (κ2) is 9.10. The summed E-state index contributed by atoms with van der Waals surface area (Å²) in [6.07, 6.45) is 12.2. The zero-order valence-electron chi connectivity index (χ0n) is 18.4. The van der Waals surface area contributed by atoms with Crippen LogP contribution in [0.5, 0.6) is 0 Å². The third-order valence-corrected chi connectivity index (χ3v) is 7.26. The van der Waals surface area contributed by atoms with E-state index < -0.39 is 0 Å². The van der Waals surface area contributed by atoms with Gasteiger partial charge in [-0.15, -0.1) is 11.3 Å². The molecule has 0 saturated heterocycles. The van der Waals surface area contributed by atoms with Crippen molar-refractivity contribution in [2.24, 2.45) is 17.2 Å². The standard InChI is InChI=1S/C29H27N3S/c30-18-22-16-25-23-8-4-5-9-28(23)33-29(25)17-24(22)19-10-12-21(13-11-19)27(32)15-14-26(31)20-6-2-1-3-7-20/h2,4-17H,1,3,18,30-32H2/b26-14-,27-15-. The number of benzene rings is 3. The Balaban J connectivity index is 1.46. The molecule has 3 nitrogen and oxygen atoms in total. The molecule has 0 radical (unpaired) electrons. The predicted molar refractivity (Wildman–Crippen MR) is 144 cm³/mol. The van der Waals surface area contributed by atoms with Gasteiger partial charge in [0, 0.05) is 38.1 Å². The van der Waals surface area contributed by atoms with Gasteiger partial charge >= 0.3 is 0 Å². The fraction of sp³-hybridized carbons (Fsp3) is 0.103. The molecule has 0 unspecified atom stereocenters. The number of nitrogens with two attached hydrogens (primary N) is 3. The largest absolute Gasteiger partial charge is 0.398 e. The second-order valence-electron chi connectivity index (χ2n) is 8.27. The highest BCUT2D eigenvalue weighted by atomic mass is 32.1. The van der Waals surface area contributed by atoms with Crippen LogP contribution >= 0.6 is 11.3 Å². The van der Waals surface area contributed by atoms with Crippen LogP contribution < -0.4 is 17.2 Å². The Kier molecular flexibility index (Phi) is 5.86. The van der Waals surface area contributed by atoms with Crippen molar-refractivity contribution in [3.8, 4) is 11.1 Å². The quantitative estimate of drug-likeness (QED) is 0.300. The lowest BCUT2D eigenvalue weighted by molar-refractivity contribution is 1.02. The van der Waals surface area contributed by atoms with Gasteiger partial charge in [-0.3, -0.25) is 0 Å². The van der Waals surface area contributed by atoms with Gasteiger partial charge in [0.2, 0.25) is 0 Å². The highest BCUT2D eigenvalue weighted by Gasteiger charge is 2.11. The van der Waals surface area contributed by atoms with Gasteiger partial charge in [-0.25, -0.2) is 0 Å². The maximum atomic E-state index is 6.34. The monoisotopic (exact) mass is 449 g/mol. The number of thiophene rings is 1. The number of rotatable bonds is 5. The van der Waals surface area contributed by atoms with Crippen LogP contribution in [0.2, 0.25) is 0 Å². The van der Waals surface area contributed by atoms with Gasteiger partial charge in [0.15, 0.2) is 0 Å². The molecule has 0 bridgehead atoms. The average Bonchev–Trinajstić information content (AvgIpc) is 3.24. The Hall–Kier alpha value is -3.60. The van der Waals surface area contributed by atoms with Gasteiger partial charge in [-0.05, 0) is 71.0 Å². The summed E-state index contributed by atoms with van der Waals surface area (Å²) in [7, 11) is 0. The van der Waals surface area contributed by atoms with Crippen molar-refractivity contribution in [1.82, 2.24) is 0 Å². The smallest absolute Gasteiger partial charge is 0.0388 e. The molecule has 4 aromatic rings. The van der Waals surface area contributed by atoms with E-state index in [1.54, 1.807) is 0 Å². The lowest BCUT2D eigenvalue weighted by Crippen LogP contribution is -2.02. The minimum Gasteiger partial charge on any atom is -0.398 e. The van der Waals surface area contributed by atoms with E-state index in [2.05, 4.69) is 78.9 Å². The first-order valence-corrected chi connectivity index (χ1v) is 12.0. The topological polar surface area (TPSA) is 78.1 Å².